The monoisotopic (exact) mass is 269 g/mol. The molecule has 5 nitrogen and oxygen atoms in total. The van der Waals surface area contributed by atoms with E-state index in [1.54, 1.807) is 0 Å². The lowest BCUT2D eigenvalue weighted by Crippen LogP contribution is -2.41. The lowest BCUT2D eigenvalue weighted by molar-refractivity contribution is -0.132. The Labute approximate surface area is 115 Å². The topological polar surface area (TPSA) is 67.6 Å². The second-order valence-corrected chi connectivity index (χ2v) is 6.19. The van der Waals surface area contributed by atoms with Crippen molar-refractivity contribution in [1.29, 1.82) is 0 Å². The van der Waals surface area contributed by atoms with E-state index in [1.165, 1.54) is 25.7 Å². The van der Waals surface area contributed by atoms with E-state index in [2.05, 4.69) is 24.3 Å². The van der Waals surface area contributed by atoms with Crippen LogP contribution >= 0.6 is 0 Å². The molecule has 19 heavy (non-hydrogen) atoms. The fraction of sp³-hybridized carbons (Fsp3) is 0.929. The molecule has 1 aliphatic heterocycles. The summed E-state index contributed by atoms with van der Waals surface area (Å²) in [6.07, 6.45) is 6.79. The lowest BCUT2D eigenvalue weighted by atomic mass is 9.86. The molecule has 0 bridgehead atoms. The van der Waals surface area contributed by atoms with Crippen molar-refractivity contribution in [1.82, 2.24) is 10.3 Å². The molecule has 1 saturated carbocycles. The highest BCUT2D eigenvalue weighted by Crippen LogP contribution is 2.28. The average molecular weight is 269 g/mol. The molecule has 2 unspecified atom stereocenters. The molecule has 1 saturated heterocycles. The van der Waals surface area contributed by atoms with Gasteiger partial charge in [-0.05, 0) is 51.5 Å². The molecule has 2 rings (SSSR count). The molecule has 2 aliphatic rings. The number of hydrogen-bond acceptors (Lipinski definition) is 4. The fourth-order valence-corrected chi connectivity index (χ4v) is 3.28. The Morgan fingerprint density at radius 3 is 2.58 bits per heavy atom. The van der Waals surface area contributed by atoms with Crippen molar-refractivity contribution in [3.63, 3.8) is 0 Å². The molecule has 2 fully saturated rings. The molecule has 110 valence electrons. The third kappa shape index (κ3) is 3.91. The van der Waals surface area contributed by atoms with E-state index in [0.29, 0.717) is 6.04 Å². The van der Waals surface area contributed by atoms with Gasteiger partial charge in [0.15, 0.2) is 0 Å². The van der Waals surface area contributed by atoms with Crippen LogP contribution in [0.1, 0.15) is 45.4 Å². The number of likely N-dealkylation sites (N-methyl/N-ethyl adjacent to an activating group) is 1. The van der Waals surface area contributed by atoms with Crippen molar-refractivity contribution in [2.45, 2.75) is 63.7 Å². The van der Waals surface area contributed by atoms with Gasteiger partial charge in [-0.3, -0.25) is 10.2 Å². The quantitative estimate of drug-likeness (QED) is 0.454. The first-order valence-corrected chi connectivity index (χ1v) is 7.46. The molecule has 5 heteroatoms. The molecule has 0 aromatic carbocycles. The summed E-state index contributed by atoms with van der Waals surface area (Å²) in [6.45, 7) is 3.26. The zero-order chi connectivity index (χ0) is 13.8. The number of rotatable bonds is 4. The molecule has 3 N–H and O–H groups in total. The van der Waals surface area contributed by atoms with Gasteiger partial charge in [0, 0.05) is 12.6 Å². The SMILES string of the molecule is CC1CCC(N(C)CC2CCC(C(=O)NN)O2)CC1. The van der Waals surface area contributed by atoms with Crippen molar-refractivity contribution in [3.8, 4) is 0 Å². The number of nitrogens with one attached hydrogen (secondary N) is 1. The molecule has 2 atom stereocenters. The molecule has 1 amide bonds. The van der Waals surface area contributed by atoms with E-state index in [9.17, 15) is 4.79 Å². The Morgan fingerprint density at radius 2 is 1.95 bits per heavy atom. The number of nitrogens with two attached hydrogens (primary N) is 1. The Balaban J connectivity index is 1.74. The first-order valence-electron chi connectivity index (χ1n) is 7.46. The van der Waals surface area contributed by atoms with Gasteiger partial charge in [-0.2, -0.15) is 0 Å². The molecule has 0 spiro atoms. The first-order chi connectivity index (χ1) is 9.10. The largest absolute Gasteiger partial charge is 0.364 e. The van der Waals surface area contributed by atoms with Gasteiger partial charge in [0.1, 0.15) is 6.10 Å². The summed E-state index contributed by atoms with van der Waals surface area (Å²) in [7, 11) is 2.18. The third-order valence-electron chi connectivity index (χ3n) is 4.64. The Bertz CT molecular complexity index is 303. The zero-order valence-corrected chi connectivity index (χ0v) is 12.1. The summed E-state index contributed by atoms with van der Waals surface area (Å²) in [5, 5.41) is 0. The van der Waals surface area contributed by atoms with E-state index in [4.69, 9.17) is 10.6 Å². The van der Waals surface area contributed by atoms with Crippen LogP contribution in [0.5, 0.6) is 0 Å². The number of ether oxygens (including phenoxy) is 1. The van der Waals surface area contributed by atoms with E-state index in [1.807, 2.05) is 0 Å². The zero-order valence-electron chi connectivity index (χ0n) is 12.1. The van der Waals surface area contributed by atoms with Crippen LogP contribution in [0, 0.1) is 5.92 Å². The second kappa shape index (κ2) is 6.68. The van der Waals surface area contributed by atoms with Gasteiger partial charge < -0.3 is 9.64 Å². The molecule has 1 aliphatic carbocycles. The fourth-order valence-electron chi connectivity index (χ4n) is 3.28. The number of hydrazine groups is 1. The van der Waals surface area contributed by atoms with Crippen molar-refractivity contribution < 1.29 is 9.53 Å². The van der Waals surface area contributed by atoms with Crippen LogP contribution in [0.25, 0.3) is 0 Å². The smallest absolute Gasteiger partial charge is 0.263 e. The molecular formula is C14H27N3O2. The van der Waals surface area contributed by atoms with Gasteiger partial charge >= 0.3 is 0 Å². The molecule has 0 aromatic rings. The summed E-state index contributed by atoms with van der Waals surface area (Å²) in [6, 6.07) is 0.683. The van der Waals surface area contributed by atoms with Crippen LogP contribution in [0.3, 0.4) is 0 Å². The minimum Gasteiger partial charge on any atom is -0.364 e. The highest BCUT2D eigenvalue weighted by atomic mass is 16.5. The van der Waals surface area contributed by atoms with E-state index >= 15 is 0 Å². The van der Waals surface area contributed by atoms with Crippen LogP contribution in [0.2, 0.25) is 0 Å². The number of carbonyl (C=O) groups excluding carboxylic acids is 1. The van der Waals surface area contributed by atoms with E-state index in [0.717, 1.165) is 25.3 Å². The summed E-state index contributed by atoms with van der Waals surface area (Å²) < 4.78 is 5.76. The summed E-state index contributed by atoms with van der Waals surface area (Å²) in [5.74, 6) is 5.82. The Hall–Kier alpha value is -0.650. The minimum atomic E-state index is -0.352. The summed E-state index contributed by atoms with van der Waals surface area (Å²) >= 11 is 0. The normalized spacial score (nSPS) is 35.6. The predicted molar refractivity (Wildman–Crippen MR) is 74.3 cm³/mol. The van der Waals surface area contributed by atoms with Gasteiger partial charge in [0.05, 0.1) is 6.10 Å². The lowest BCUT2D eigenvalue weighted by Gasteiger charge is -2.34. The van der Waals surface area contributed by atoms with Crippen LogP contribution in [-0.4, -0.2) is 42.6 Å². The average Bonchev–Trinajstić information content (AvgIpc) is 2.87. The van der Waals surface area contributed by atoms with Gasteiger partial charge in [-0.25, -0.2) is 5.84 Å². The first kappa shape index (κ1) is 14.8. The molecular weight excluding hydrogens is 242 g/mol. The highest BCUT2D eigenvalue weighted by Gasteiger charge is 2.32. The van der Waals surface area contributed by atoms with Crippen LogP contribution < -0.4 is 11.3 Å². The van der Waals surface area contributed by atoms with Gasteiger partial charge in [0.2, 0.25) is 0 Å². The summed E-state index contributed by atoms with van der Waals surface area (Å²) in [5.41, 5.74) is 2.17. The number of carbonyl (C=O) groups is 1. The minimum absolute atomic E-state index is 0.173. The van der Waals surface area contributed by atoms with Gasteiger partial charge in [0.25, 0.3) is 5.91 Å². The van der Waals surface area contributed by atoms with Crippen LogP contribution in [0.4, 0.5) is 0 Å². The Morgan fingerprint density at radius 1 is 1.26 bits per heavy atom. The Kier molecular flexibility index (Phi) is 5.19. The molecule has 0 aromatic heterocycles. The molecule has 1 heterocycles. The van der Waals surface area contributed by atoms with Gasteiger partial charge in [-0.1, -0.05) is 6.92 Å². The van der Waals surface area contributed by atoms with Crippen LogP contribution in [0.15, 0.2) is 0 Å². The number of hydrogen-bond donors (Lipinski definition) is 2. The number of amides is 1. The van der Waals surface area contributed by atoms with Crippen LogP contribution in [-0.2, 0) is 9.53 Å². The van der Waals surface area contributed by atoms with Crippen molar-refractivity contribution in [2.75, 3.05) is 13.6 Å². The maximum Gasteiger partial charge on any atom is 0.263 e. The second-order valence-electron chi connectivity index (χ2n) is 6.19. The third-order valence-corrected chi connectivity index (χ3v) is 4.64. The maximum atomic E-state index is 11.4. The highest BCUT2D eigenvalue weighted by molar-refractivity contribution is 5.80. The molecule has 0 radical (unpaired) electrons. The predicted octanol–water partition coefficient (Wildman–Crippen LogP) is 1.03. The summed E-state index contributed by atoms with van der Waals surface area (Å²) in [4.78, 5) is 13.8. The van der Waals surface area contributed by atoms with Crippen molar-refractivity contribution in [3.05, 3.63) is 0 Å². The maximum absolute atomic E-state index is 11.4. The van der Waals surface area contributed by atoms with E-state index < -0.39 is 0 Å². The van der Waals surface area contributed by atoms with Gasteiger partial charge in [-0.15, -0.1) is 0 Å². The number of nitrogens with zero attached hydrogens (tertiary/aromatic N) is 1. The van der Waals surface area contributed by atoms with Crippen molar-refractivity contribution in [2.24, 2.45) is 11.8 Å². The van der Waals surface area contributed by atoms with E-state index in [-0.39, 0.29) is 18.1 Å². The van der Waals surface area contributed by atoms with Crippen molar-refractivity contribution >= 4 is 5.91 Å². The standard InChI is InChI=1S/C14H27N3O2/c1-10-3-5-11(6-4-10)17(2)9-12-7-8-13(19-12)14(18)16-15/h10-13H,3-9,15H2,1-2H3,(H,16,18).